The van der Waals surface area contributed by atoms with Crippen LogP contribution in [0.15, 0.2) is 0 Å². The van der Waals surface area contributed by atoms with Crippen molar-refractivity contribution < 1.29 is 9.53 Å². The first-order valence-corrected chi connectivity index (χ1v) is 2.20. The topological polar surface area (TPSA) is 30.7 Å². The summed E-state index contributed by atoms with van der Waals surface area (Å²) in [4.78, 5) is 13.5. The van der Waals surface area contributed by atoms with Gasteiger partial charge in [-0.3, -0.25) is 0 Å². The van der Waals surface area contributed by atoms with E-state index in [1.165, 1.54) is 7.11 Å². The van der Waals surface area contributed by atoms with Crippen molar-refractivity contribution in [1.29, 1.82) is 0 Å². The smallest absolute Gasteiger partial charge is 0.394 e. The van der Waals surface area contributed by atoms with Gasteiger partial charge in [-0.15, -0.1) is 0 Å². The second-order valence-corrected chi connectivity index (χ2v) is 1.35. The first-order valence-electron chi connectivity index (χ1n) is 2.20. The Balaban J connectivity index is 3.68. The number of ether oxygens (including phenoxy) is 1. The van der Waals surface area contributed by atoms with Crippen LogP contribution in [-0.4, -0.2) is 19.1 Å². The van der Waals surface area contributed by atoms with E-state index >= 15 is 0 Å². The summed E-state index contributed by atoms with van der Waals surface area (Å²) in [5, 5.41) is 0. The predicted molar refractivity (Wildman–Crippen MR) is 29.8 cm³/mol. The van der Waals surface area contributed by atoms with Crippen molar-refractivity contribution in [3.63, 3.8) is 0 Å². The Morgan fingerprint density at radius 3 is 2.50 bits per heavy atom. The molecule has 0 saturated heterocycles. The van der Waals surface area contributed by atoms with Crippen LogP contribution in [0.25, 0.3) is 4.85 Å². The fraction of sp³-hybridized carbons (Fsp3) is 0.600. The molecular weight excluding hydrogens is 106 g/mol. The van der Waals surface area contributed by atoms with Crippen molar-refractivity contribution >= 4 is 5.97 Å². The Hall–Kier alpha value is -1.04. The minimum atomic E-state index is -0.542. The van der Waals surface area contributed by atoms with E-state index in [-0.39, 0.29) is 0 Å². The van der Waals surface area contributed by atoms with Gasteiger partial charge >= 0.3 is 12.0 Å². The summed E-state index contributed by atoms with van der Waals surface area (Å²) in [7, 11) is 1.30. The lowest BCUT2D eigenvalue weighted by Crippen LogP contribution is -2.13. The van der Waals surface area contributed by atoms with Gasteiger partial charge in [0.15, 0.2) is 0 Å². The quantitative estimate of drug-likeness (QED) is 0.465. The van der Waals surface area contributed by atoms with E-state index < -0.39 is 12.0 Å². The van der Waals surface area contributed by atoms with Gasteiger partial charge in [-0.1, -0.05) is 4.85 Å². The van der Waals surface area contributed by atoms with Crippen molar-refractivity contribution in [2.75, 3.05) is 7.11 Å². The molecule has 0 bridgehead atoms. The van der Waals surface area contributed by atoms with Crippen LogP contribution in [0.3, 0.4) is 0 Å². The molecule has 0 unspecified atom stereocenters. The highest BCUT2D eigenvalue weighted by Crippen LogP contribution is 1.89. The Bertz CT molecular complexity index is 125. The molecule has 0 aliphatic carbocycles. The Kier molecular flexibility index (Phi) is 2.63. The molecule has 0 aliphatic rings. The zero-order valence-corrected chi connectivity index (χ0v) is 4.92. The third-order valence-corrected chi connectivity index (χ3v) is 0.766. The number of nitrogens with zero attached hydrogens (tertiary/aromatic N) is 1. The average Bonchev–Trinajstić information content (AvgIpc) is 1.84. The van der Waals surface area contributed by atoms with Gasteiger partial charge in [-0.25, -0.2) is 4.79 Å². The third-order valence-electron chi connectivity index (χ3n) is 0.766. The van der Waals surface area contributed by atoms with Gasteiger partial charge in [0.05, 0.1) is 7.11 Å². The molecule has 8 heavy (non-hydrogen) atoms. The normalized spacial score (nSPS) is 11.6. The highest BCUT2D eigenvalue weighted by atomic mass is 16.5. The zero-order chi connectivity index (χ0) is 6.57. The van der Waals surface area contributed by atoms with Gasteiger partial charge in [-0.2, -0.15) is 0 Å². The molecule has 44 valence electrons. The van der Waals surface area contributed by atoms with Gasteiger partial charge in [0.1, 0.15) is 0 Å². The van der Waals surface area contributed by atoms with Crippen LogP contribution >= 0.6 is 0 Å². The van der Waals surface area contributed by atoms with Crippen molar-refractivity contribution in [3.05, 3.63) is 4.85 Å². The summed E-state index contributed by atoms with van der Waals surface area (Å²) in [5.41, 5.74) is 0. The van der Waals surface area contributed by atoms with Crippen molar-refractivity contribution in [3.8, 4) is 6.57 Å². The van der Waals surface area contributed by atoms with Crippen LogP contribution in [-0.2, 0) is 9.53 Å². The molecule has 0 aliphatic heterocycles. The van der Waals surface area contributed by atoms with Gasteiger partial charge in [-0.05, 0) is 0 Å². The number of esters is 1. The monoisotopic (exact) mass is 114 g/mol. The second-order valence-electron chi connectivity index (χ2n) is 1.35. The molecule has 3 nitrogen and oxygen atoms in total. The SMILES string of the molecule is C#[N+][C@@H](C)C(=O)OC. The van der Waals surface area contributed by atoms with Crippen LogP contribution in [0.2, 0.25) is 0 Å². The maximum absolute atomic E-state index is 10.3. The van der Waals surface area contributed by atoms with Gasteiger partial charge in [0.2, 0.25) is 0 Å². The number of hydrogen-bond acceptors (Lipinski definition) is 2. The summed E-state index contributed by atoms with van der Waals surface area (Å²) < 4.78 is 4.29. The van der Waals surface area contributed by atoms with E-state index in [1.54, 1.807) is 6.92 Å². The molecule has 0 aromatic carbocycles. The molecule has 0 aromatic heterocycles. The minimum Gasteiger partial charge on any atom is -0.463 e. The van der Waals surface area contributed by atoms with Gasteiger partial charge in [0.25, 0.3) is 6.57 Å². The van der Waals surface area contributed by atoms with Crippen molar-refractivity contribution in [1.82, 2.24) is 0 Å². The molecule has 0 amide bonds. The van der Waals surface area contributed by atoms with Crippen molar-refractivity contribution in [2.45, 2.75) is 13.0 Å². The Labute approximate surface area is 48.1 Å². The summed E-state index contributed by atoms with van der Waals surface area (Å²) in [5.74, 6) is -0.410. The molecule has 1 atom stereocenters. The maximum atomic E-state index is 10.3. The summed E-state index contributed by atoms with van der Waals surface area (Å²) in [6.45, 7) is 6.33. The van der Waals surface area contributed by atoms with Gasteiger partial charge < -0.3 is 4.74 Å². The fourth-order valence-corrected chi connectivity index (χ4v) is 0.231. The number of carbonyl (C=O) groups excluding carboxylic acids is 1. The third kappa shape index (κ3) is 1.61. The Morgan fingerprint density at radius 1 is 1.88 bits per heavy atom. The van der Waals surface area contributed by atoms with E-state index in [0.29, 0.717) is 0 Å². The van der Waals surface area contributed by atoms with E-state index in [4.69, 9.17) is 6.57 Å². The second kappa shape index (κ2) is 3.03. The molecule has 0 rings (SSSR count). The molecule has 0 radical (unpaired) electrons. The highest BCUT2D eigenvalue weighted by Gasteiger charge is 2.19. The molecule has 0 spiro atoms. The predicted octanol–water partition coefficient (Wildman–Crippen LogP) is 0.511. The average molecular weight is 114 g/mol. The first-order chi connectivity index (χ1) is 3.72. The highest BCUT2D eigenvalue weighted by molar-refractivity contribution is 5.76. The minimum absolute atomic E-state index is 0.410. The number of hydrogen-bond donors (Lipinski definition) is 0. The molecule has 0 fully saturated rings. The molecule has 0 heterocycles. The lowest BCUT2D eigenvalue weighted by atomic mass is 10.4. The van der Waals surface area contributed by atoms with Crippen LogP contribution in [0, 0.1) is 6.57 Å². The largest absolute Gasteiger partial charge is 0.463 e. The number of methoxy groups -OCH3 is 1. The molecule has 3 heteroatoms. The lowest BCUT2D eigenvalue weighted by Gasteiger charge is -1.89. The molecule has 0 aromatic rings. The van der Waals surface area contributed by atoms with E-state index in [1.807, 2.05) is 0 Å². The fourth-order valence-electron chi connectivity index (χ4n) is 0.231. The summed E-state index contributed by atoms with van der Waals surface area (Å²) in [6, 6.07) is -0.542. The first kappa shape index (κ1) is 6.96. The molecule has 0 saturated carbocycles. The number of carbonyl (C=O) groups is 1. The van der Waals surface area contributed by atoms with Gasteiger partial charge in [0, 0.05) is 6.92 Å². The van der Waals surface area contributed by atoms with Crippen LogP contribution in [0.1, 0.15) is 6.92 Å². The van der Waals surface area contributed by atoms with Crippen LogP contribution in [0.4, 0.5) is 0 Å². The van der Waals surface area contributed by atoms with Crippen LogP contribution in [0.5, 0.6) is 0 Å². The standard InChI is InChI=1S/C5H8NO2/c1-4(6-2)5(7)8-3/h2,4H,1,3H3/q+1/t4-/m0/s1. The van der Waals surface area contributed by atoms with E-state index in [9.17, 15) is 4.79 Å². The molecular formula is C5H8NO2+. The summed E-state index contributed by atoms with van der Waals surface area (Å²) >= 11 is 0. The van der Waals surface area contributed by atoms with E-state index in [0.717, 1.165) is 0 Å². The lowest BCUT2D eigenvalue weighted by molar-refractivity contribution is -0.140. The van der Waals surface area contributed by atoms with E-state index in [2.05, 4.69) is 9.58 Å². The molecule has 0 N–H and O–H groups in total. The van der Waals surface area contributed by atoms with Crippen LogP contribution < -0.4 is 0 Å². The number of rotatable bonds is 1. The van der Waals surface area contributed by atoms with Crippen molar-refractivity contribution in [2.24, 2.45) is 0 Å². The zero-order valence-electron chi connectivity index (χ0n) is 4.92. The maximum Gasteiger partial charge on any atom is 0.394 e. The summed E-state index contributed by atoms with van der Waals surface area (Å²) in [6.07, 6.45) is 0. The Morgan fingerprint density at radius 2 is 2.38 bits per heavy atom.